The maximum atomic E-state index is 13.9. The minimum Gasteiger partial charge on any atom is -0.336 e. The summed E-state index contributed by atoms with van der Waals surface area (Å²) in [5.41, 5.74) is 0.724. The molecule has 0 saturated carbocycles. The number of carbonyl (C=O) groups is 1. The van der Waals surface area contributed by atoms with Crippen LogP contribution in [0.2, 0.25) is 0 Å². The SMILES string of the molecule is O=C(c1cc(Br)ccc1F)N1CCN(Cc2ccccc2F)CC1. The molecule has 2 aromatic rings. The normalized spacial score (nSPS) is 15.5. The van der Waals surface area contributed by atoms with Crippen LogP contribution in [0.5, 0.6) is 0 Å². The molecule has 1 aliphatic heterocycles. The van der Waals surface area contributed by atoms with Crippen LogP contribution in [0, 0.1) is 11.6 Å². The molecule has 0 N–H and O–H groups in total. The van der Waals surface area contributed by atoms with Gasteiger partial charge in [-0.2, -0.15) is 0 Å². The Morgan fingerprint density at radius 2 is 1.71 bits per heavy atom. The van der Waals surface area contributed by atoms with Gasteiger partial charge in [-0.15, -0.1) is 0 Å². The maximum Gasteiger partial charge on any atom is 0.256 e. The lowest BCUT2D eigenvalue weighted by atomic mass is 10.1. The summed E-state index contributed by atoms with van der Waals surface area (Å²) in [6, 6.07) is 11.1. The van der Waals surface area contributed by atoms with Crippen LogP contribution in [-0.4, -0.2) is 41.9 Å². The Labute approximate surface area is 148 Å². The van der Waals surface area contributed by atoms with Gasteiger partial charge >= 0.3 is 0 Å². The van der Waals surface area contributed by atoms with Crippen LogP contribution >= 0.6 is 15.9 Å². The van der Waals surface area contributed by atoms with Crippen molar-refractivity contribution in [1.82, 2.24) is 9.80 Å². The molecule has 1 heterocycles. The van der Waals surface area contributed by atoms with E-state index < -0.39 is 5.82 Å². The fourth-order valence-corrected chi connectivity index (χ4v) is 3.17. The van der Waals surface area contributed by atoms with Crippen molar-refractivity contribution in [2.45, 2.75) is 6.54 Å². The zero-order chi connectivity index (χ0) is 17.1. The highest BCUT2D eigenvalue weighted by atomic mass is 79.9. The highest BCUT2D eigenvalue weighted by Crippen LogP contribution is 2.19. The third kappa shape index (κ3) is 3.82. The van der Waals surface area contributed by atoms with Gasteiger partial charge in [0.2, 0.25) is 0 Å². The summed E-state index contributed by atoms with van der Waals surface area (Å²) in [7, 11) is 0. The molecule has 0 radical (unpaired) electrons. The molecule has 0 aromatic heterocycles. The second kappa shape index (κ2) is 7.40. The second-order valence-electron chi connectivity index (χ2n) is 5.78. The maximum absolute atomic E-state index is 13.9. The number of amides is 1. The number of piperazine rings is 1. The van der Waals surface area contributed by atoms with Crippen molar-refractivity contribution in [2.75, 3.05) is 26.2 Å². The van der Waals surface area contributed by atoms with Crippen LogP contribution in [0.1, 0.15) is 15.9 Å². The lowest BCUT2D eigenvalue weighted by Crippen LogP contribution is -2.48. The van der Waals surface area contributed by atoms with Crippen LogP contribution in [0.25, 0.3) is 0 Å². The number of nitrogens with zero attached hydrogens (tertiary/aromatic N) is 2. The van der Waals surface area contributed by atoms with E-state index in [0.29, 0.717) is 42.8 Å². The van der Waals surface area contributed by atoms with Gasteiger partial charge in [0.05, 0.1) is 5.56 Å². The van der Waals surface area contributed by atoms with Crippen LogP contribution in [-0.2, 0) is 6.54 Å². The average Bonchev–Trinajstić information content (AvgIpc) is 2.59. The molecule has 6 heteroatoms. The number of hydrogen-bond donors (Lipinski definition) is 0. The molecule has 2 aromatic carbocycles. The Balaban J connectivity index is 1.61. The lowest BCUT2D eigenvalue weighted by Gasteiger charge is -2.35. The van der Waals surface area contributed by atoms with Crippen molar-refractivity contribution >= 4 is 21.8 Å². The smallest absolute Gasteiger partial charge is 0.256 e. The molecule has 0 unspecified atom stereocenters. The quantitative estimate of drug-likeness (QED) is 0.792. The highest BCUT2D eigenvalue weighted by molar-refractivity contribution is 9.10. The van der Waals surface area contributed by atoms with E-state index in [1.54, 1.807) is 23.1 Å². The van der Waals surface area contributed by atoms with Gasteiger partial charge in [0.25, 0.3) is 5.91 Å². The van der Waals surface area contributed by atoms with E-state index in [1.807, 2.05) is 6.07 Å². The minimum absolute atomic E-state index is 0.0759. The van der Waals surface area contributed by atoms with E-state index in [9.17, 15) is 13.6 Å². The Kier molecular flexibility index (Phi) is 5.26. The third-order valence-electron chi connectivity index (χ3n) is 4.17. The van der Waals surface area contributed by atoms with Gasteiger partial charge in [0.15, 0.2) is 0 Å². The first-order valence-corrected chi connectivity index (χ1v) is 8.54. The lowest BCUT2D eigenvalue weighted by molar-refractivity contribution is 0.0622. The number of benzene rings is 2. The van der Waals surface area contributed by atoms with Gasteiger partial charge in [0, 0.05) is 42.8 Å². The zero-order valence-corrected chi connectivity index (χ0v) is 14.6. The molecular formula is C18H17BrF2N2O. The van der Waals surface area contributed by atoms with Crippen molar-refractivity contribution in [1.29, 1.82) is 0 Å². The van der Waals surface area contributed by atoms with Gasteiger partial charge in [0.1, 0.15) is 11.6 Å². The molecule has 3 nitrogen and oxygen atoms in total. The van der Waals surface area contributed by atoms with Crippen LogP contribution < -0.4 is 0 Å². The predicted molar refractivity (Wildman–Crippen MR) is 91.7 cm³/mol. The molecule has 0 spiro atoms. The molecule has 126 valence electrons. The predicted octanol–water partition coefficient (Wildman–Crippen LogP) is 3.69. The fourth-order valence-electron chi connectivity index (χ4n) is 2.81. The van der Waals surface area contributed by atoms with E-state index in [-0.39, 0.29) is 17.3 Å². The van der Waals surface area contributed by atoms with Crippen LogP contribution in [0.4, 0.5) is 8.78 Å². The largest absolute Gasteiger partial charge is 0.336 e. The molecule has 24 heavy (non-hydrogen) atoms. The number of halogens is 3. The minimum atomic E-state index is -0.517. The molecular weight excluding hydrogens is 378 g/mol. The van der Waals surface area contributed by atoms with Crippen molar-refractivity contribution in [3.05, 3.63) is 69.7 Å². The van der Waals surface area contributed by atoms with E-state index in [4.69, 9.17) is 0 Å². The number of carbonyl (C=O) groups excluding carboxylic acids is 1. The summed E-state index contributed by atoms with van der Waals surface area (Å²) in [5, 5.41) is 0. The summed E-state index contributed by atoms with van der Waals surface area (Å²) in [5.74, 6) is -1.04. The molecule has 1 saturated heterocycles. The van der Waals surface area contributed by atoms with Gasteiger partial charge in [-0.1, -0.05) is 34.1 Å². The summed E-state index contributed by atoms with van der Waals surface area (Å²) >= 11 is 3.26. The summed E-state index contributed by atoms with van der Waals surface area (Å²) < 4.78 is 28.3. The van der Waals surface area contributed by atoms with Gasteiger partial charge in [-0.3, -0.25) is 9.69 Å². The Morgan fingerprint density at radius 3 is 2.42 bits per heavy atom. The van der Waals surface area contributed by atoms with Crippen molar-refractivity contribution in [3.8, 4) is 0 Å². The van der Waals surface area contributed by atoms with Gasteiger partial charge in [-0.25, -0.2) is 8.78 Å². The molecule has 0 atom stereocenters. The molecule has 0 aliphatic carbocycles. The number of hydrogen-bond acceptors (Lipinski definition) is 2. The van der Waals surface area contributed by atoms with E-state index in [0.717, 1.165) is 0 Å². The average molecular weight is 395 g/mol. The molecule has 1 amide bonds. The Morgan fingerprint density at radius 1 is 1.00 bits per heavy atom. The first-order chi connectivity index (χ1) is 11.5. The van der Waals surface area contributed by atoms with E-state index in [2.05, 4.69) is 20.8 Å². The van der Waals surface area contributed by atoms with Gasteiger partial charge in [-0.05, 0) is 24.3 Å². The Bertz CT molecular complexity index is 746. The zero-order valence-electron chi connectivity index (χ0n) is 13.0. The summed E-state index contributed by atoms with van der Waals surface area (Å²) in [4.78, 5) is 16.2. The molecule has 1 aliphatic rings. The van der Waals surface area contributed by atoms with Crippen LogP contribution in [0.3, 0.4) is 0 Å². The fraction of sp³-hybridized carbons (Fsp3) is 0.278. The first-order valence-electron chi connectivity index (χ1n) is 7.74. The topological polar surface area (TPSA) is 23.6 Å². The van der Waals surface area contributed by atoms with Gasteiger partial charge < -0.3 is 4.90 Å². The van der Waals surface area contributed by atoms with Crippen molar-refractivity contribution in [3.63, 3.8) is 0 Å². The van der Waals surface area contributed by atoms with E-state index >= 15 is 0 Å². The summed E-state index contributed by atoms with van der Waals surface area (Å²) in [6.45, 7) is 2.78. The number of rotatable bonds is 3. The van der Waals surface area contributed by atoms with Crippen molar-refractivity contribution < 1.29 is 13.6 Å². The highest BCUT2D eigenvalue weighted by Gasteiger charge is 2.24. The van der Waals surface area contributed by atoms with E-state index in [1.165, 1.54) is 18.2 Å². The molecule has 0 bridgehead atoms. The first kappa shape index (κ1) is 17.0. The Hall–Kier alpha value is -1.79. The van der Waals surface area contributed by atoms with Crippen molar-refractivity contribution in [2.24, 2.45) is 0 Å². The summed E-state index contributed by atoms with van der Waals surface area (Å²) in [6.07, 6.45) is 0. The second-order valence-corrected chi connectivity index (χ2v) is 6.70. The molecule has 1 fully saturated rings. The monoisotopic (exact) mass is 394 g/mol. The third-order valence-corrected chi connectivity index (χ3v) is 4.66. The molecule has 3 rings (SSSR count). The standard InChI is InChI=1S/C18H17BrF2N2O/c19-14-5-6-17(21)15(11-14)18(24)23-9-7-22(8-10-23)12-13-3-1-2-4-16(13)20/h1-6,11H,7-10,12H2. The van der Waals surface area contributed by atoms with Crippen LogP contribution in [0.15, 0.2) is 46.9 Å².